The molecule has 0 radical (unpaired) electrons. The number of anilines is 2. The Morgan fingerprint density at radius 1 is 1.25 bits per heavy atom. The van der Waals surface area contributed by atoms with Gasteiger partial charge in [0.1, 0.15) is 0 Å². The summed E-state index contributed by atoms with van der Waals surface area (Å²) >= 11 is 0. The zero-order valence-electron chi connectivity index (χ0n) is 12.1. The van der Waals surface area contributed by atoms with Gasteiger partial charge in [0.15, 0.2) is 0 Å². The summed E-state index contributed by atoms with van der Waals surface area (Å²) in [6, 6.07) is 9.75. The molecule has 4 nitrogen and oxygen atoms in total. The van der Waals surface area contributed by atoms with Gasteiger partial charge in [-0.15, -0.1) is 0 Å². The first kappa shape index (κ1) is 14.1. The molecule has 20 heavy (non-hydrogen) atoms. The summed E-state index contributed by atoms with van der Waals surface area (Å²) < 4.78 is 0. The van der Waals surface area contributed by atoms with Crippen LogP contribution >= 0.6 is 0 Å². The third kappa shape index (κ3) is 2.79. The lowest BCUT2D eigenvalue weighted by atomic mass is 10.1. The van der Waals surface area contributed by atoms with Crippen LogP contribution in [0, 0.1) is 6.92 Å². The maximum atomic E-state index is 12.7. The van der Waals surface area contributed by atoms with Crippen LogP contribution in [0.4, 0.5) is 11.4 Å². The molecule has 0 aliphatic rings. The van der Waals surface area contributed by atoms with Crippen LogP contribution in [0.2, 0.25) is 0 Å². The quantitative estimate of drug-likeness (QED) is 0.927. The minimum absolute atomic E-state index is 0.0474. The summed E-state index contributed by atoms with van der Waals surface area (Å²) in [5.74, 6) is -0.0474. The summed E-state index contributed by atoms with van der Waals surface area (Å²) in [6.45, 7) is 4.61. The van der Waals surface area contributed by atoms with E-state index in [4.69, 9.17) is 0 Å². The number of hydrogen-bond donors (Lipinski definition) is 1. The summed E-state index contributed by atoms with van der Waals surface area (Å²) in [7, 11) is 1.80. The monoisotopic (exact) mass is 269 g/mol. The Morgan fingerprint density at radius 2 is 1.95 bits per heavy atom. The number of amides is 1. The van der Waals surface area contributed by atoms with Crippen molar-refractivity contribution in [1.82, 2.24) is 4.98 Å². The number of aromatic nitrogens is 1. The molecule has 0 fully saturated rings. The SMILES string of the molecule is CCN(C(=O)c1cnccc1NC)c1ccc(C)cc1. The lowest BCUT2D eigenvalue weighted by Crippen LogP contribution is -2.31. The number of nitrogens with one attached hydrogen (secondary N) is 1. The van der Waals surface area contributed by atoms with E-state index in [-0.39, 0.29) is 5.91 Å². The van der Waals surface area contributed by atoms with E-state index in [1.54, 1.807) is 30.4 Å². The van der Waals surface area contributed by atoms with Gasteiger partial charge in [-0.3, -0.25) is 9.78 Å². The fourth-order valence-corrected chi connectivity index (χ4v) is 2.10. The third-order valence-electron chi connectivity index (χ3n) is 3.23. The molecule has 2 aromatic rings. The molecular formula is C16H19N3O. The first-order valence-corrected chi connectivity index (χ1v) is 6.67. The Hall–Kier alpha value is -2.36. The molecule has 1 heterocycles. The van der Waals surface area contributed by atoms with Crippen molar-refractivity contribution in [3.8, 4) is 0 Å². The van der Waals surface area contributed by atoms with E-state index >= 15 is 0 Å². The largest absolute Gasteiger partial charge is 0.387 e. The number of nitrogens with zero attached hydrogens (tertiary/aromatic N) is 2. The van der Waals surface area contributed by atoms with E-state index in [2.05, 4.69) is 10.3 Å². The van der Waals surface area contributed by atoms with Gasteiger partial charge in [0, 0.05) is 37.4 Å². The second-order valence-electron chi connectivity index (χ2n) is 4.56. The lowest BCUT2D eigenvalue weighted by molar-refractivity contribution is 0.0988. The van der Waals surface area contributed by atoms with Crippen LogP contribution < -0.4 is 10.2 Å². The van der Waals surface area contributed by atoms with E-state index in [0.717, 1.165) is 11.4 Å². The highest BCUT2D eigenvalue weighted by Gasteiger charge is 2.18. The predicted molar refractivity (Wildman–Crippen MR) is 82.3 cm³/mol. The van der Waals surface area contributed by atoms with Crippen LogP contribution in [0.25, 0.3) is 0 Å². The minimum atomic E-state index is -0.0474. The zero-order valence-corrected chi connectivity index (χ0v) is 12.1. The van der Waals surface area contributed by atoms with Crippen molar-refractivity contribution in [2.75, 3.05) is 23.8 Å². The van der Waals surface area contributed by atoms with Gasteiger partial charge in [0.2, 0.25) is 0 Å². The number of benzene rings is 1. The number of carbonyl (C=O) groups excluding carboxylic acids is 1. The molecule has 104 valence electrons. The molecule has 1 aromatic carbocycles. The highest BCUT2D eigenvalue weighted by Crippen LogP contribution is 2.21. The second-order valence-corrected chi connectivity index (χ2v) is 4.56. The topological polar surface area (TPSA) is 45.2 Å². The van der Waals surface area contributed by atoms with Gasteiger partial charge in [0.05, 0.1) is 5.56 Å². The van der Waals surface area contributed by atoms with Crippen LogP contribution in [-0.2, 0) is 0 Å². The number of aryl methyl sites for hydroxylation is 1. The van der Waals surface area contributed by atoms with Gasteiger partial charge < -0.3 is 10.2 Å². The van der Waals surface area contributed by atoms with Crippen molar-refractivity contribution in [2.45, 2.75) is 13.8 Å². The van der Waals surface area contributed by atoms with Crippen molar-refractivity contribution in [3.05, 3.63) is 53.9 Å². The Bertz CT molecular complexity index is 593. The molecule has 0 aliphatic heterocycles. The van der Waals surface area contributed by atoms with Crippen LogP contribution in [0.15, 0.2) is 42.7 Å². The molecule has 2 rings (SSSR count). The van der Waals surface area contributed by atoms with Crippen molar-refractivity contribution >= 4 is 17.3 Å². The Morgan fingerprint density at radius 3 is 2.55 bits per heavy atom. The normalized spacial score (nSPS) is 10.2. The van der Waals surface area contributed by atoms with E-state index in [1.807, 2.05) is 38.1 Å². The summed E-state index contributed by atoms with van der Waals surface area (Å²) in [5.41, 5.74) is 3.44. The molecule has 0 saturated heterocycles. The minimum Gasteiger partial charge on any atom is -0.387 e. The van der Waals surface area contributed by atoms with Crippen LogP contribution in [0.5, 0.6) is 0 Å². The first-order valence-electron chi connectivity index (χ1n) is 6.67. The van der Waals surface area contributed by atoms with E-state index in [1.165, 1.54) is 5.56 Å². The molecule has 1 aromatic heterocycles. The Balaban J connectivity index is 2.36. The highest BCUT2D eigenvalue weighted by atomic mass is 16.2. The van der Waals surface area contributed by atoms with E-state index in [0.29, 0.717) is 12.1 Å². The molecule has 1 N–H and O–H groups in total. The average molecular weight is 269 g/mol. The standard InChI is InChI=1S/C16H19N3O/c1-4-19(13-7-5-12(2)6-8-13)16(20)14-11-18-10-9-15(14)17-3/h5-11H,4H2,1-3H3,(H,17,18). The fourth-order valence-electron chi connectivity index (χ4n) is 2.10. The molecule has 0 unspecified atom stereocenters. The van der Waals surface area contributed by atoms with Crippen LogP contribution in [0.1, 0.15) is 22.8 Å². The first-order chi connectivity index (χ1) is 9.67. The van der Waals surface area contributed by atoms with Gasteiger partial charge in [0.25, 0.3) is 5.91 Å². The lowest BCUT2D eigenvalue weighted by Gasteiger charge is -2.22. The van der Waals surface area contributed by atoms with Crippen molar-refractivity contribution < 1.29 is 4.79 Å². The maximum absolute atomic E-state index is 12.7. The number of carbonyl (C=O) groups is 1. The van der Waals surface area contributed by atoms with Crippen LogP contribution in [0.3, 0.4) is 0 Å². The van der Waals surface area contributed by atoms with Gasteiger partial charge in [-0.25, -0.2) is 0 Å². The van der Waals surface area contributed by atoms with Crippen molar-refractivity contribution in [2.24, 2.45) is 0 Å². The van der Waals surface area contributed by atoms with Gasteiger partial charge in [-0.05, 0) is 32.0 Å². The molecular weight excluding hydrogens is 250 g/mol. The maximum Gasteiger partial charge on any atom is 0.261 e. The van der Waals surface area contributed by atoms with Gasteiger partial charge in [-0.2, -0.15) is 0 Å². The van der Waals surface area contributed by atoms with Gasteiger partial charge >= 0.3 is 0 Å². The van der Waals surface area contributed by atoms with Crippen molar-refractivity contribution in [1.29, 1.82) is 0 Å². The molecule has 1 amide bonds. The fraction of sp³-hybridized carbons (Fsp3) is 0.250. The van der Waals surface area contributed by atoms with Crippen molar-refractivity contribution in [3.63, 3.8) is 0 Å². The van der Waals surface area contributed by atoms with Crippen LogP contribution in [-0.4, -0.2) is 24.5 Å². The third-order valence-corrected chi connectivity index (χ3v) is 3.23. The molecule has 0 atom stereocenters. The molecule has 0 bridgehead atoms. The number of rotatable bonds is 4. The Labute approximate surface area is 119 Å². The van der Waals surface area contributed by atoms with E-state index < -0.39 is 0 Å². The number of hydrogen-bond acceptors (Lipinski definition) is 3. The Kier molecular flexibility index (Phi) is 4.35. The summed E-state index contributed by atoms with van der Waals surface area (Å²) in [5, 5.41) is 3.03. The zero-order chi connectivity index (χ0) is 14.5. The molecule has 4 heteroatoms. The number of pyridine rings is 1. The highest BCUT2D eigenvalue weighted by molar-refractivity contribution is 6.09. The molecule has 0 aliphatic carbocycles. The summed E-state index contributed by atoms with van der Waals surface area (Å²) in [6.07, 6.45) is 3.27. The average Bonchev–Trinajstić information content (AvgIpc) is 2.49. The van der Waals surface area contributed by atoms with Gasteiger partial charge in [-0.1, -0.05) is 17.7 Å². The molecule has 0 saturated carbocycles. The predicted octanol–water partition coefficient (Wildman–Crippen LogP) is 3.10. The second kappa shape index (κ2) is 6.19. The molecule has 0 spiro atoms. The van der Waals surface area contributed by atoms with E-state index in [9.17, 15) is 4.79 Å². The summed E-state index contributed by atoms with van der Waals surface area (Å²) in [4.78, 5) is 18.5. The smallest absolute Gasteiger partial charge is 0.261 e.